The first-order valence-electron chi connectivity index (χ1n) is 5.19. The van der Waals surface area contributed by atoms with Crippen LogP contribution in [0.15, 0.2) is 0 Å². The van der Waals surface area contributed by atoms with Crippen LogP contribution in [-0.4, -0.2) is 23.7 Å². The number of carbonyl (C=O) groups is 1. The highest BCUT2D eigenvalue weighted by Crippen LogP contribution is 2.32. The molecule has 0 unspecified atom stereocenters. The Morgan fingerprint density at radius 2 is 2.00 bits per heavy atom. The van der Waals surface area contributed by atoms with Gasteiger partial charge in [-0.25, -0.2) is 0 Å². The van der Waals surface area contributed by atoms with Crippen LogP contribution in [0.25, 0.3) is 0 Å². The molecule has 2 saturated carbocycles. The highest BCUT2D eigenvalue weighted by atomic mass is 16.3. The van der Waals surface area contributed by atoms with Crippen molar-refractivity contribution in [2.45, 2.75) is 38.2 Å². The third kappa shape index (κ3) is 2.69. The van der Waals surface area contributed by atoms with Gasteiger partial charge >= 0.3 is 0 Å². The summed E-state index contributed by atoms with van der Waals surface area (Å²) in [6.07, 6.45) is 4.80. The lowest BCUT2D eigenvalue weighted by atomic mass is 9.82. The lowest BCUT2D eigenvalue weighted by Crippen LogP contribution is -2.38. The molecule has 0 heterocycles. The number of amides is 1. The molecule has 2 fully saturated rings. The van der Waals surface area contributed by atoms with Crippen molar-refractivity contribution < 1.29 is 9.90 Å². The van der Waals surface area contributed by atoms with Crippen LogP contribution in [-0.2, 0) is 4.79 Å². The molecule has 0 aromatic carbocycles. The number of hydrogen-bond acceptors (Lipinski definition) is 2. The zero-order valence-electron chi connectivity index (χ0n) is 7.83. The van der Waals surface area contributed by atoms with Gasteiger partial charge in [-0.1, -0.05) is 0 Å². The standard InChI is InChI=1S/C10H17NO2/c12-9-3-8(4-9)6-11-10(13)5-7-1-2-7/h7-9,12H,1-6H2,(H,11,13). The van der Waals surface area contributed by atoms with Crippen LogP contribution in [0.5, 0.6) is 0 Å². The molecule has 2 N–H and O–H groups in total. The SMILES string of the molecule is O=C(CC1CC1)NCC1CC(O)C1. The first-order chi connectivity index (χ1) is 6.24. The molecule has 0 bridgehead atoms. The van der Waals surface area contributed by atoms with E-state index in [0.717, 1.165) is 25.8 Å². The molecule has 2 aliphatic carbocycles. The molecule has 0 saturated heterocycles. The van der Waals surface area contributed by atoms with E-state index in [4.69, 9.17) is 5.11 Å². The van der Waals surface area contributed by atoms with E-state index in [1.54, 1.807) is 0 Å². The topological polar surface area (TPSA) is 49.3 Å². The summed E-state index contributed by atoms with van der Waals surface area (Å²) in [7, 11) is 0. The van der Waals surface area contributed by atoms with Crippen LogP contribution < -0.4 is 5.32 Å². The molecule has 0 radical (unpaired) electrons. The summed E-state index contributed by atoms with van der Waals surface area (Å²) < 4.78 is 0. The molecule has 0 atom stereocenters. The quantitative estimate of drug-likeness (QED) is 0.673. The van der Waals surface area contributed by atoms with E-state index in [2.05, 4.69) is 5.32 Å². The largest absolute Gasteiger partial charge is 0.393 e. The average Bonchev–Trinajstić information content (AvgIpc) is 2.79. The average molecular weight is 183 g/mol. The van der Waals surface area contributed by atoms with Crippen LogP contribution in [0.1, 0.15) is 32.1 Å². The summed E-state index contributed by atoms with van der Waals surface area (Å²) in [5.41, 5.74) is 0. The van der Waals surface area contributed by atoms with Gasteiger partial charge in [0.25, 0.3) is 0 Å². The van der Waals surface area contributed by atoms with Crippen LogP contribution in [0.3, 0.4) is 0 Å². The van der Waals surface area contributed by atoms with Gasteiger partial charge in [-0.2, -0.15) is 0 Å². The van der Waals surface area contributed by atoms with Gasteiger partial charge < -0.3 is 10.4 Å². The Bertz CT molecular complexity index is 195. The predicted octanol–water partition coefficient (Wildman–Crippen LogP) is 0.674. The van der Waals surface area contributed by atoms with E-state index < -0.39 is 0 Å². The zero-order valence-corrected chi connectivity index (χ0v) is 7.83. The van der Waals surface area contributed by atoms with Gasteiger partial charge in [-0.05, 0) is 37.5 Å². The van der Waals surface area contributed by atoms with E-state index in [9.17, 15) is 4.79 Å². The van der Waals surface area contributed by atoms with Crippen molar-refractivity contribution >= 4 is 5.91 Å². The lowest BCUT2D eigenvalue weighted by molar-refractivity contribution is -0.122. The Labute approximate surface area is 78.5 Å². The monoisotopic (exact) mass is 183 g/mol. The van der Waals surface area contributed by atoms with Crippen LogP contribution in [0.2, 0.25) is 0 Å². The second-order valence-corrected chi connectivity index (χ2v) is 4.44. The summed E-state index contributed by atoms with van der Waals surface area (Å²) in [5.74, 6) is 1.40. The third-order valence-electron chi connectivity index (χ3n) is 2.97. The molecule has 3 heteroatoms. The summed E-state index contributed by atoms with van der Waals surface area (Å²) >= 11 is 0. The molecular formula is C10H17NO2. The maximum atomic E-state index is 11.2. The summed E-state index contributed by atoms with van der Waals surface area (Å²) in [5, 5.41) is 12.0. The summed E-state index contributed by atoms with van der Waals surface area (Å²) in [4.78, 5) is 11.2. The van der Waals surface area contributed by atoms with Crippen molar-refractivity contribution in [1.82, 2.24) is 5.32 Å². The fraction of sp³-hybridized carbons (Fsp3) is 0.900. The van der Waals surface area contributed by atoms with E-state index >= 15 is 0 Å². The van der Waals surface area contributed by atoms with Gasteiger partial charge in [-0.3, -0.25) is 4.79 Å². The fourth-order valence-corrected chi connectivity index (χ4v) is 1.78. The van der Waals surface area contributed by atoms with Crippen LogP contribution in [0, 0.1) is 11.8 Å². The van der Waals surface area contributed by atoms with Crippen molar-refractivity contribution in [3.8, 4) is 0 Å². The van der Waals surface area contributed by atoms with E-state index in [-0.39, 0.29) is 12.0 Å². The lowest BCUT2D eigenvalue weighted by Gasteiger charge is -2.31. The number of carbonyl (C=O) groups excluding carboxylic acids is 1. The summed E-state index contributed by atoms with van der Waals surface area (Å²) in [6.45, 7) is 0.766. The Kier molecular flexibility index (Phi) is 2.54. The van der Waals surface area contributed by atoms with Crippen molar-refractivity contribution in [1.29, 1.82) is 0 Å². The molecular weight excluding hydrogens is 166 g/mol. The normalized spacial score (nSPS) is 32.4. The number of aliphatic hydroxyl groups excluding tert-OH is 1. The van der Waals surface area contributed by atoms with Gasteiger partial charge in [0.15, 0.2) is 0 Å². The minimum atomic E-state index is -0.106. The minimum absolute atomic E-state index is 0.106. The van der Waals surface area contributed by atoms with Gasteiger partial charge in [0.2, 0.25) is 5.91 Å². The van der Waals surface area contributed by atoms with Crippen molar-refractivity contribution in [2.75, 3.05) is 6.54 Å². The third-order valence-corrected chi connectivity index (χ3v) is 2.97. The highest BCUT2D eigenvalue weighted by Gasteiger charge is 2.28. The van der Waals surface area contributed by atoms with Gasteiger partial charge in [0.1, 0.15) is 0 Å². The van der Waals surface area contributed by atoms with Crippen molar-refractivity contribution in [3.63, 3.8) is 0 Å². The first kappa shape index (κ1) is 9.00. The summed E-state index contributed by atoms with van der Waals surface area (Å²) in [6, 6.07) is 0. The molecule has 0 spiro atoms. The second kappa shape index (κ2) is 3.66. The smallest absolute Gasteiger partial charge is 0.220 e. The van der Waals surface area contributed by atoms with Gasteiger partial charge in [0.05, 0.1) is 6.10 Å². The fourth-order valence-electron chi connectivity index (χ4n) is 1.78. The van der Waals surface area contributed by atoms with Gasteiger partial charge in [-0.15, -0.1) is 0 Å². The molecule has 0 aromatic heterocycles. The van der Waals surface area contributed by atoms with Crippen LogP contribution >= 0.6 is 0 Å². The molecule has 13 heavy (non-hydrogen) atoms. The molecule has 2 rings (SSSR count). The molecule has 2 aliphatic rings. The number of nitrogens with one attached hydrogen (secondary N) is 1. The second-order valence-electron chi connectivity index (χ2n) is 4.44. The van der Waals surface area contributed by atoms with E-state index in [1.807, 2.05) is 0 Å². The Hall–Kier alpha value is -0.570. The first-order valence-corrected chi connectivity index (χ1v) is 5.19. The molecule has 74 valence electrons. The Morgan fingerprint density at radius 3 is 2.54 bits per heavy atom. The van der Waals surface area contributed by atoms with Crippen molar-refractivity contribution in [3.05, 3.63) is 0 Å². The van der Waals surface area contributed by atoms with E-state index in [0.29, 0.717) is 11.8 Å². The molecule has 0 aromatic rings. The molecule has 0 aliphatic heterocycles. The van der Waals surface area contributed by atoms with Gasteiger partial charge in [0, 0.05) is 13.0 Å². The highest BCUT2D eigenvalue weighted by molar-refractivity contribution is 5.76. The minimum Gasteiger partial charge on any atom is -0.393 e. The molecule has 3 nitrogen and oxygen atoms in total. The number of hydrogen-bond donors (Lipinski definition) is 2. The Balaban J connectivity index is 1.54. The van der Waals surface area contributed by atoms with E-state index in [1.165, 1.54) is 12.8 Å². The zero-order chi connectivity index (χ0) is 9.26. The van der Waals surface area contributed by atoms with Crippen molar-refractivity contribution in [2.24, 2.45) is 11.8 Å². The maximum Gasteiger partial charge on any atom is 0.220 e. The predicted molar refractivity (Wildman–Crippen MR) is 49.1 cm³/mol. The Morgan fingerprint density at radius 1 is 1.31 bits per heavy atom. The number of rotatable bonds is 4. The van der Waals surface area contributed by atoms with Crippen LogP contribution in [0.4, 0.5) is 0 Å². The number of aliphatic hydroxyl groups is 1. The maximum absolute atomic E-state index is 11.2. The molecule has 1 amide bonds.